The molecule has 5 nitrogen and oxygen atoms in total. The summed E-state index contributed by atoms with van der Waals surface area (Å²) in [6.45, 7) is 0. The fraction of sp³-hybridized carbons (Fsp3) is 0. The number of rotatable bonds is 3. The molecule has 1 aromatic heterocycles. The zero-order chi connectivity index (χ0) is 10.6. The van der Waals surface area contributed by atoms with Crippen LogP contribution in [0.15, 0.2) is 40.3 Å². The molecule has 7 N–H and O–H groups in total. The lowest BCUT2D eigenvalue weighted by molar-refractivity contribution is 0.551. The van der Waals surface area contributed by atoms with Crippen LogP contribution in [0.5, 0.6) is 0 Å². The van der Waals surface area contributed by atoms with Gasteiger partial charge in [0.2, 0.25) is 0 Å². The van der Waals surface area contributed by atoms with Crippen LogP contribution in [0.25, 0.3) is 5.70 Å². The SMILES string of the molecule is N=CC(=C/N)/C(N)=C(\N)c1ccco1. The second-order valence-electron chi connectivity index (χ2n) is 2.57. The lowest BCUT2D eigenvalue weighted by atomic mass is 10.1. The van der Waals surface area contributed by atoms with Crippen molar-refractivity contribution in [3.05, 3.63) is 41.6 Å². The van der Waals surface area contributed by atoms with Gasteiger partial charge in [0.1, 0.15) is 0 Å². The molecule has 0 fully saturated rings. The minimum absolute atomic E-state index is 0.234. The van der Waals surface area contributed by atoms with E-state index in [4.69, 9.17) is 27.0 Å². The molecule has 0 bridgehead atoms. The van der Waals surface area contributed by atoms with Crippen molar-refractivity contribution in [3.63, 3.8) is 0 Å². The second-order valence-corrected chi connectivity index (χ2v) is 2.57. The third kappa shape index (κ3) is 1.77. The van der Waals surface area contributed by atoms with E-state index in [1.807, 2.05) is 0 Å². The van der Waals surface area contributed by atoms with Crippen molar-refractivity contribution in [1.82, 2.24) is 0 Å². The molecule has 0 aromatic carbocycles. The van der Waals surface area contributed by atoms with Gasteiger partial charge in [-0.2, -0.15) is 0 Å². The molecule has 1 aromatic rings. The van der Waals surface area contributed by atoms with Crippen molar-refractivity contribution in [2.75, 3.05) is 0 Å². The fourth-order valence-corrected chi connectivity index (χ4v) is 0.936. The Morgan fingerprint density at radius 2 is 2.14 bits per heavy atom. The van der Waals surface area contributed by atoms with Gasteiger partial charge in [0.25, 0.3) is 0 Å². The molecule has 0 unspecified atom stereocenters. The minimum Gasteiger partial charge on any atom is -0.463 e. The summed E-state index contributed by atoms with van der Waals surface area (Å²) >= 11 is 0. The molecule has 1 rings (SSSR count). The molecule has 0 aliphatic rings. The van der Waals surface area contributed by atoms with E-state index in [0.717, 1.165) is 6.21 Å². The maximum Gasteiger partial charge on any atom is 0.151 e. The molecule has 1 heterocycles. The first-order valence-corrected chi connectivity index (χ1v) is 3.92. The summed E-state index contributed by atoms with van der Waals surface area (Å²) in [5, 5.41) is 7.04. The van der Waals surface area contributed by atoms with Crippen LogP contribution in [0.1, 0.15) is 5.76 Å². The highest BCUT2D eigenvalue weighted by molar-refractivity contribution is 5.86. The van der Waals surface area contributed by atoms with Crippen molar-refractivity contribution >= 4 is 11.9 Å². The monoisotopic (exact) mass is 192 g/mol. The summed E-state index contributed by atoms with van der Waals surface area (Å²) in [6.07, 6.45) is 3.75. The number of nitrogens with two attached hydrogens (primary N) is 3. The van der Waals surface area contributed by atoms with Crippen LogP contribution in [0.4, 0.5) is 0 Å². The normalized spacial score (nSPS) is 13.6. The molecule has 5 heteroatoms. The third-order valence-corrected chi connectivity index (χ3v) is 1.72. The largest absolute Gasteiger partial charge is 0.463 e. The van der Waals surface area contributed by atoms with E-state index < -0.39 is 0 Å². The molecule has 0 saturated carbocycles. The summed E-state index contributed by atoms with van der Waals surface area (Å²) in [6, 6.07) is 3.38. The molecule has 14 heavy (non-hydrogen) atoms. The number of furan rings is 1. The van der Waals surface area contributed by atoms with Crippen molar-refractivity contribution < 1.29 is 4.42 Å². The van der Waals surface area contributed by atoms with Gasteiger partial charge in [0, 0.05) is 18.0 Å². The van der Waals surface area contributed by atoms with E-state index in [1.165, 1.54) is 12.5 Å². The van der Waals surface area contributed by atoms with Gasteiger partial charge < -0.3 is 27.0 Å². The van der Waals surface area contributed by atoms with E-state index >= 15 is 0 Å². The molecular formula is C9H12N4O. The van der Waals surface area contributed by atoms with Gasteiger partial charge in [-0.25, -0.2) is 0 Å². The average Bonchev–Trinajstić information content (AvgIpc) is 2.71. The van der Waals surface area contributed by atoms with Crippen LogP contribution in [0, 0.1) is 5.41 Å². The summed E-state index contributed by atoms with van der Waals surface area (Å²) in [4.78, 5) is 0. The van der Waals surface area contributed by atoms with Gasteiger partial charge in [-0.1, -0.05) is 0 Å². The number of nitrogens with one attached hydrogen (secondary N) is 1. The Morgan fingerprint density at radius 3 is 2.57 bits per heavy atom. The van der Waals surface area contributed by atoms with Crippen LogP contribution in [-0.2, 0) is 0 Å². The smallest absolute Gasteiger partial charge is 0.151 e. The topological polar surface area (TPSA) is 115 Å². The Hall–Kier alpha value is -2.17. The van der Waals surface area contributed by atoms with Gasteiger partial charge >= 0.3 is 0 Å². The highest BCUT2D eigenvalue weighted by Gasteiger charge is 2.07. The van der Waals surface area contributed by atoms with Gasteiger partial charge in [-0.15, -0.1) is 0 Å². The highest BCUT2D eigenvalue weighted by Crippen LogP contribution is 2.14. The molecule has 0 radical (unpaired) electrons. The maximum atomic E-state index is 7.04. The van der Waals surface area contributed by atoms with E-state index in [-0.39, 0.29) is 11.4 Å². The lowest BCUT2D eigenvalue weighted by Gasteiger charge is -2.04. The van der Waals surface area contributed by atoms with Gasteiger partial charge in [0.05, 0.1) is 17.7 Å². The number of allylic oxidation sites excluding steroid dienone is 1. The Labute approximate surface area is 81.4 Å². The zero-order valence-corrected chi connectivity index (χ0v) is 7.53. The molecule has 0 saturated heterocycles. The Morgan fingerprint density at radius 1 is 1.43 bits per heavy atom. The molecule has 0 amide bonds. The van der Waals surface area contributed by atoms with E-state index in [0.29, 0.717) is 11.3 Å². The second kappa shape index (κ2) is 4.18. The quantitative estimate of drug-likeness (QED) is 0.408. The Bertz CT molecular complexity index is 376. The van der Waals surface area contributed by atoms with Crippen molar-refractivity contribution in [3.8, 4) is 0 Å². The van der Waals surface area contributed by atoms with Crippen molar-refractivity contribution in [2.45, 2.75) is 0 Å². The van der Waals surface area contributed by atoms with Crippen LogP contribution < -0.4 is 17.2 Å². The molecule has 0 aliphatic heterocycles. The van der Waals surface area contributed by atoms with Crippen molar-refractivity contribution in [1.29, 1.82) is 5.41 Å². The van der Waals surface area contributed by atoms with Crippen molar-refractivity contribution in [2.24, 2.45) is 17.2 Å². The Balaban J connectivity index is 3.11. The van der Waals surface area contributed by atoms with Gasteiger partial charge in [-0.05, 0) is 12.1 Å². The number of hydrogen-bond acceptors (Lipinski definition) is 5. The predicted octanol–water partition coefficient (Wildman–Crippen LogP) is 0.358. The highest BCUT2D eigenvalue weighted by atomic mass is 16.3. The van der Waals surface area contributed by atoms with E-state index in [1.54, 1.807) is 12.1 Å². The maximum absolute atomic E-state index is 7.04. The minimum atomic E-state index is 0.234. The summed E-state index contributed by atoms with van der Waals surface area (Å²) < 4.78 is 5.05. The Kier molecular flexibility index (Phi) is 2.96. The van der Waals surface area contributed by atoms with Gasteiger partial charge in [-0.3, -0.25) is 0 Å². The van der Waals surface area contributed by atoms with Crippen LogP contribution in [0.3, 0.4) is 0 Å². The summed E-state index contributed by atoms with van der Waals surface area (Å²) in [7, 11) is 0. The van der Waals surface area contributed by atoms with Gasteiger partial charge in [0.15, 0.2) is 5.76 Å². The predicted molar refractivity (Wildman–Crippen MR) is 55.1 cm³/mol. The first-order valence-electron chi connectivity index (χ1n) is 3.92. The lowest BCUT2D eigenvalue weighted by Crippen LogP contribution is -2.12. The van der Waals surface area contributed by atoms with Crippen LogP contribution in [-0.4, -0.2) is 6.21 Å². The number of hydrogen-bond donors (Lipinski definition) is 4. The molecule has 0 spiro atoms. The summed E-state index contributed by atoms with van der Waals surface area (Å²) in [5.41, 5.74) is 17.5. The van der Waals surface area contributed by atoms with E-state index in [2.05, 4.69) is 0 Å². The van der Waals surface area contributed by atoms with Crippen LogP contribution in [0.2, 0.25) is 0 Å². The average molecular weight is 192 g/mol. The standard InChI is InChI=1S/C9H12N4O/c10-4-6(5-11)8(12)9(13)7-2-1-3-14-7/h1-5,10H,11-13H2/b6-5-,9-8+,10-4?. The first kappa shape index (κ1) is 9.91. The third-order valence-electron chi connectivity index (χ3n) is 1.72. The molecule has 0 atom stereocenters. The van der Waals surface area contributed by atoms with E-state index in [9.17, 15) is 0 Å². The fourth-order valence-electron chi connectivity index (χ4n) is 0.936. The van der Waals surface area contributed by atoms with Crippen LogP contribution >= 0.6 is 0 Å². The zero-order valence-electron chi connectivity index (χ0n) is 7.53. The summed E-state index contributed by atoms with van der Waals surface area (Å²) in [5.74, 6) is 0.462. The molecule has 0 aliphatic carbocycles. The first-order chi connectivity index (χ1) is 6.70. The molecular weight excluding hydrogens is 180 g/mol. The molecule has 74 valence electrons.